The highest BCUT2D eigenvalue weighted by molar-refractivity contribution is 5.80. The van der Waals surface area contributed by atoms with Crippen LogP contribution in [0.3, 0.4) is 0 Å². The number of hydrogen-bond donors (Lipinski definition) is 0. The summed E-state index contributed by atoms with van der Waals surface area (Å²) in [7, 11) is 0. The fraction of sp³-hybridized carbons (Fsp3) is 0.462. The molecule has 0 aromatic heterocycles. The number of benzene rings is 1. The van der Waals surface area contributed by atoms with Gasteiger partial charge in [-0.2, -0.15) is 0 Å². The molecule has 1 saturated carbocycles. The second-order valence-electron chi connectivity index (χ2n) is 4.30. The summed E-state index contributed by atoms with van der Waals surface area (Å²) in [6.07, 6.45) is 3.39. The van der Waals surface area contributed by atoms with E-state index < -0.39 is 0 Å². The van der Waals surface area contributed by atoms with Crippen molar-refractivity contribution in [2.75, 3.05) is 0 Å². The zero-order valence-electron chi connectivity index (χ0n) is 9.60. The Balaban J connectivity index is 2.16. The van der Waals surface area contributed by atoms with Crippen LogP contribution in [-0.2, 0) is 0 Å². The van der Waals surface area contributed by atoms with Crippen LogP contribution in [0.4, 0.5) is 0 Å². The largest absolute Gasteiger partial charge is 0.491 e. The molecule has 0 amide bonds. The van der Waals surface area contributed by atoms with Crippen LogP contribution >= 0.6 is 0 Å². The molecule has 1 aromatic rings. The molecule has 0 atom stereocenters. The normalized spacial score (nSPS) is 14.9. The zero-order valence-corrected chi connectivity index (χ0v) is 9.60. The molecule has 0 aliphatic heterocycles. The topological polar surface area (TPSA) is 35.5 Å². The Kier molecular flexibility index (Phi) is 3.13. The number of rotatable bonds is 5. The number of hydrogen-bond acceptors (Lipinski definition) is 3. The first-order valence-electron chi connectivity index (χ1n) is 5.61. The summed E-state index contributed by atoms with van der Waals surface area (Å²) in [4.78, 5) is 10.9. The highest BCUT2D eigenvalue weighted by Crippen LogP contribution is 2.30. The Morgan fingerprint density at radius 2 is 2.12 bits per heavy atom. The molecule has 1 aliphatic carbocycles. The van der Waals surface area contributed by atoms with Crippen molar-refractivity contribution in [3.05, 3.63) is 23.8 Å². The van der Waals surface area contributed by atoms with E-state index in [1.54, 1.807) is 12.1 Å². The number of ether oxygens (including phenoxy) is 2. The SMILES string of the molecule is CC(C)Oc1ccc(OC2CC2)c(C=O)c1. The Labute approximate surface area is 95.4 Å². The maximum Gasteiger partial charge on any atom is 0.153 e. The first-order valence-corrected chi connectivity index (χ1v) is 5.61. The van der Waals surface area contributed by atoms with Gasteiger partial charge >= 0.3 is 0 Å². The average molecular weight is 220 g/mol. The summed E-state index contributed by atoms with van der Waals surface area (Å²) in [5.41, 5.74) is 0.560. The van der Waals surface area contributed by atoms with Gasteiger partial charge in [0, 0.05) is 0 Å². The van der Waals surface area contributed by atoms with Crippen LogP contribution in [0.15, 0.2) is 18.2 Å². The van der Waals surface area contributed by atoms with E-state index in [-0.39, 0.29) is 6.10 Å². The molecule has 0 saturated heterocycles. The molecule has 0 radical (unpaired) electrons. The highest BCUT2D eigenvalue weighted by Gasteiger charge is 2.24. The van der Waals surface area contributed by atoms with Crippen molar-refractivity contribution < 1.29 is 14.3 Å². The van der Waals surface area contributed by atoms with E-state index >= 15 is 0 Å². The molecule has 1 fully saturated rings. The molecular weight excluding hydrogens is 204 g/mol. The minimum Gasteiger partial charge on any atom is -0.491 e. The minimum absolute atomic E-state index is 0.106. The minimum atomic E-state index is 0.106. The number of aldehydes is 1. The fourth-order valence-electron chi connectivity index (χ4n) is 1.44. The molecule has 86 valence electrons. The van der Waals surface area contributed by atoms with E-state index in [2.05, 4.69) is 0 Å². The Hall–Kier alpha value is -1.51. The van der Waals surface area contributed by atoms with Crippen LogP contribution in [0.5, 0.6) is 11.5 Å². The van der Waals surface area contributed by atoms with Crippen LogP contribution in [0.25, 0.3) is 0 Å². The van der Waals surface area contributed by atoms with Crippen LogP contribution in [0, 0.1) is 0 Å². The predicted octanol–water partition coefficient (Wildman–Crippen LogP) is 2.83. The van der Waals surface area contributed by atoms with Gasteiger partial charge in [0.2, 0.25) is 0 Å². The molecule has 0 unspecified atom stereocenters. The van der Waals surface area contributed by atoms with E-state index in [1.807, 2.05) is 19.9 Å². The van der Waals surface area contributed by atoms with Crippen molar-refractivity contribution in [2.24, 2.45) is 0 Å². The smallest absolute Gasteiger partial charge is 0.153 e. The third kappa shape index (κ3) is 2.75. The van der Waals surface area contributed by atoms with Crippen LogP contribution in [0.2, 0.25) is 0 Å². The van der Waals surface area contributed by atoms with Crippen molar-refractivity contribution in [1.82, 2.24) is 0 Å². The average Bonchev–Trinajstić information content (AvgIpc) is 3.03. The van der Waals surface area contributed by atoms with E-state index in [0.29, 0.717) is 23.2 Å². The molecule has 1 aliphatic rings. The molecule has 3 nitrogen and oxygen atoms in total. The molecule has 16 heavy (non-hydrogen) atoms. The van der Waals surface area contributed by atoms with Gasteiger partial charge in [0.1, 0.15) is 11.5 Å². The molecule has 3 heteroatoms. The second kappa shape index (κ2) is 4.56. The lowest BCUT2D eigenvalue weighted by Crippen LogP contribution is -2.06. The van der Waals surface area contributed by atoms with Crippen LogP contribution in [-0.4, -0.2) is 18.5 Å². The summed E-state index contributed by atoms with van der Waals surface area (Å²) in [6.45, 7) is 3.91. The quantitative estimate of drug-likeness (QED) is 0.716. The highest BCUT2D eigenvalue weighted by atomic mass is 16.5. The van der Waals surface area contributed by atoms with E-state index in [9.17, 15) is 4.79 Å². The Bertz CT molecular complexity index is 381. The monoisotopic (exact) mass is 220 g/mol. The van der Waals surface area contributed by atoms with Gasteiger partial charge in [-0.15, -0.1) is 0 Å². The number of carbonyl (C=O) groups is 1. The van der Waals surface area contributed by atoms with Crippen molar-refractivity contribution >= 4 is 6.29 Å². The molecule has 0 bridgehead atoms. The second-order valence-corrected chi connectivity index (χ2v) is 4.30. The van der Waals surface area contributed by atoms with Crippen molar-refractivity contribution in [1.29, 1.82) is 0 Å². The van der Waals surface area contributed by atoms with Gasteiger partial charge in [-0.05, 0) is 44.9 Å². The lowest BCUT2D eigenvalue weighted by molar-refractivity contribution is 0.111. The Morgan fingerprint density at radius 1 is 1.38 bits per heavy atom. The van der Waals surface area contributed by atoms with Crippen LogP contribution in [0.1, 0.15) is 37.0 Å². The zero-order chi connectivity index (χ0) is 11.5. The lowest BCUT2D eigenvalue weighted by atomic mass is 10.2. The van der Waals surface area contributed by atoms with Gasteiger partial charge in [0.25, 0.3) is 0 Å². The number of carbonyl (C=O) groups excluding carboxylic acids is 1. The standard InChI is InChI=1S/C13H16O3/c1-9(2)15-12-5-6-13(10(7-12)8-14)16-11-3-4-11/h5-9,11H,3-4H2,1-2H3. The predicted molar refractivity (Wildman–Crippen MR) is 61.2 cm³/mol. The third-order valence-corrected chi connectivity index (χ3v) is 2.30. The summed E-state index contributed by atoms with van der Waals surface area (Å²) in [5, 5.41) is 0. The van der Waals surface area contributed by atoms with E-state index in [1.165, 1.54) is 0 Å². The molecule has 0 spiro atoms. The molecular formula is C13H16O3. The van der Waals surface area contributed by atoms with E-state index in [0.717, 1.165) is 19.1 Å². The van der Waals surface area contributed by atoms with Gasteiger partial charge in [-0.25, -0.2) is 0 Å². The van der Waals surface area contributed by atoms with Crippen molar-refractivity contribution in [2.45, 2.75) is 38.9 Å². The fourth-order valence-corrected chi connectivity index (χ4v) is 1.44. The maximum atomic E-state index is 10.9. The molecule has 0 heterocycles. The molecule has 2 rings (SSSR count). The summed E-state index contributed by atoms with van der Waals surface area (Å²) < 4.78 is 11.1. The lowest BCUT2D eigenvalue weighted by Gasteiger charge is -2.12. The molecule has 0 N–H and O–H groups in total. The summed E-state index contributed by atoms with van der Waals surface area (Å²) in [6, 6.07) is 5.37. The van der Waals surface area contributed by atoms with Gasteiger partial charge in [0.05, 0.1) is 17.8 Å². The third-order valence-electron chi connectivity index (χ3n) is 2.30. The first-order chi connectivity index (χ1) is 7.69. The van der Waals surface area contributed by atoms with Crippen LogP contribution < -0.4 is 9.47 Å². The maximum absolute atomic E-state index is 10.9. The van der Waals surface area contributed by atoms with Gasteiger partial charge < -0.3 is 9.47 Å². The summed E-state index contributed by atoms with van der Waals surface area (Å²) >= 11 is 0. The van der Waals surface area contributed by atoms with Gasteiger partial charge in [-0.3, -0.25) is 4.79 Å². The Morgan fingerprint density at radius 3 is 2.69 bits per heavy atom. The van der Waals surface area contributed by atoms with Gasteiger partial charge in [-0.1, -0.05) is 0 Å². The summed E-state index contributed by atoms with van der Waals surface area (Å²) in [5.74, 6) is 1.37. The first kappa shape index (κ1) is 11.0. The molecule has 1 aromatic carbocycles. The van der Waals surface area contributed by atoms with Crippen molar-refractivity contribution in [3.63, 3.8) is 0 Å². The van der Waals surface area contributed by atoms with Gasteiger partial charge in [0.15, 0.2) is 6.29 Å². The van der Waals surface area contributed by atoms with E-state index in [4.69, 9.17) is 9.47 Å². The van der Waals surface area contributed by atoms with Crippen molar-refractivity contribution in [3.8, 4) is 11.5 Å².